The van der Waals surface area contributed by atoms with E-state index in [0.717, 1.165) is 6.92 Å². The molecule has 94 valence electrons. The monoisotopic (exact) mass is 255 g/mol. The topological polar surface area (TPSA) is 50.2 Å². The zero-order valence-corrected chi connectivity index (χ0v) is 8.35. The number of carboxylic acid groups (broad SMARTS) is 1. The van der Waals surface area contributed by atoms with Gasteiger partial charge in [-0.25, -0.2) is 18.6 Å². The number of hydrogen-bond acceptors (Lipinski definition) is 2. The molecule has 0 radical (unpaired) electrons. The summed E-state index contributed by atoms with van der Waals surface area (Å²) in [7, 11) is 0. The summed E-state index contributed by atoms with van der Waals surface area (Å²) in [6, 6.07) is 0.240. The Morgan fingerprint density at radius 3 is 2.29 bits per heavy atom. The van der Waals surface area contributed by atoms with E-state index in [0.29, 0.717) is 0 Å². The zero-order valence-electron chi connectivity index (χ0n) is 8.35. The maximum atomic E-state index is 12.5. The highest BCUT2D eigenvalue weighted by atomic mass is 19.4. The first-order chi connectivity index (χ1) is 7.64. The van der Waals surface area contributed by atoms with E-state index in [1.165, 1.54) is 0 Å². The Morgan fingerprint density at radius 1 is 1.41 bits per heavy atom. The van der Waals surface area contributed by atoms with Crippen LogP contribution in [0.5, 0.6) is 0 Å². The van der Waals surface area contributed by atoms with E-state index >= 15 is 0 Å². The lowest BCUT2D eigenvalue weighted by atomic mass is 10.1. The van der Waals surface area contributed by atoms with Gasteiger partial charge in [0.2, 0.25) is 0 Å². The van der Waals surface area contributed by atoms with E-state index in [-0.39, 0.29) is 6.07 Å². The summed E-state index contributed by atoms with van der Waals surface area (Å²) in [6.07, 6.45) is -8.17. The fourth-order valence-corrected chi connectivity index (χ4v) is 1.25. The summed E-state index contributed by atoms with van der Waals surface area (Å²) in [5.74, 6) is -1.79. The molecule has 0 aliphatic carbocycles. The van der Waals surface area contributed by atoms with Gasteiger partial charge in [0.25, 0.3) is 6.43 Å². The van der Waals surface area contributed by atoms with E-state index in [2.05, 4.69) is 4.98 Å². The van der Waals surface area contributed by atoms with E-state index < -0.39 is 41.1 Å². The molecule has 0 amide bonds. The SMILES string of the molecule is Cc1c(C(F)(F)F)cc(C(=O)O)nc1C(F)F. The van der Waals surface area contributed by atoms with E-state index in [9.17, 15) is 26.7 Å². The summed E-state index contributed by atoms with van der Waals surface area (Å²) < 4.78 is 62.2. The fraction of sp³-hybridized carbons (Fsp3) is 0.333. The van der Waals surface area contributed by atoms with Gasteiger partial charge < -0.3 is 5.11 Å². The maximum Gasteiger partial charge on any atom is 0.416 e. The van der Waals surface area contributed by atoms with Crippen molar-refractivity contribution in [2.24, 2.45) is 0 Å². The Balaban J connectivity index is 3.55. The predicted octanol–water partition coefficient (Wildman–Crippen LogP) is 3.04. The smallest absolute Gasteiger partial charge is 0.416 e. The Bertz CT molecular complexity index is 455. The first-order valence-electron chi connectivity index (χ1n) is 4.24. The number of nitrogens with zero attached hydrogens (tertiary/aromatic N) is 1. The lowest BCUT2D eigenvalue weighted by Gasteiger charge is -2.13. The molecule has 0 bridgehead atoms. The van der Waals surface area contributed by atoms with Gasteiger partial charge >= 0.3 is 12.1 Å². The average Bonchev–Trinajstić information content (AvgIpc) is 2.15. The largest absolute Gasteiger partial charge is 0.477 e. The van der Waals surface area contributed by atoms with Gasteiger partial charge in [-0.3, -0.25) is 0 Å². The van der Waals surface area contributed by atoms with Gasteiger partial charge in [-0.1, -0.05) is 0 Å². The van der Waals surface area contributed by atoms with Crippen molar-refractivity contribution in [1.29, 1.82) is 0 Å². The number of carboxylic acids is 1. The van der Waals surface area contributed by atoms with Crippen LogP contribution in [0.4, 0.5) is 22.0 Å². The van der Waals surface area contributed by atoms with Crippen LogP contribution in [0.25, 0.3) is 0 Å². The Kier molecular flexibility index (Phi) is 3.35. The van der Waals surface area contributed by atoms with Crippen molar-refractivity contribution in [1.82, 2.24) is 4.98 Å². The molecule has 1 N–H and O–H groups in total. The van der Waals surface area contributed by atoms with Gasteiger partial charge in [-0.2, -0.15) is 13.2 Å². The van der Waals surface area contributed by atoms with Gasteiger partial charge in [-0.05, 0) is 18.6 Å². The van der Waals surface area contributed by atoms with Crippen LogP contribution >= 0.6 is 0 Å². The molecule has 0 atom stereocenters. The quantitative estimate of drug-likeness (QED) is 0.826. The summed E-state index contributed by atoms with van der Waals surface area (Å²) in [4.78, 5) is 13.5. The minimum Gasteiger partial charge on any atom is -0.477 e. The number of halogens is 5. The number of aromatic carboxylic acids is 1. The molecule has 0 aliphatic rings. The van der Waals surface area contributed by atoms with Crippen molar-refractivity contribution in [3.63, 3.8) is 0 Å². The van der Waals surface area contributed by atoms with Crippen molar-refractivity contribution in [3.05, 3.63) is 28.6 Å². The zero-order chi connectivity index (χ0) is 13.4. The molecular weight excluding hydrogens is 249 g/mol. The minimum atomic E-state index is -4.90. The van der Waals surface area contributed by atoms with Crippen molar-refractivity contribution in [3.8, 4) is 0 Å². The molecule has 1 heterocycles. The molecule has 0 saturated carbocycles. The van der Waals surface area contributed by atoms with E-state index in [1.807, 2.05) is 0 Å². The van der Waals surface area contributed by atoms with Crippen LogP contribution < -0.4 is 0 Å². The molecule has 8 heteroatoms. The van der Waals surface area contributed by atoms with Crippen molar-refractivity contribution >= 4 is 5.97 Å². The van der Waals surface area contributed by atoms with Crippen LogP contribution in [0, 0.1) is 6.92 Å². The average molecular weight is 255 g/mol. The third kappa shape index (κ3) is 2.69. The van der Waals surface area contributed by atoms with Crippen LogP contribution in [0.1, 0.15) is 33.7 Å². The summed E-state index contributed by atoms with van der Waals surface area (Å²) in [5, 5.41) is 8.50. The molecule has 0 fully saturated rings. The van der Waals surface area contributed by atoms with Crippen LogP contribution in [0.3, 0.4) is 0 Å². The number of aromatic nitrogens is 1. The first kappa shape index (κ1) is 13.3. The molecule has 1 rings (SSSR count). The predicted molar refractivity (Wildman–Crippen MR) is 45.9 cm³/mol. The normalized spacial score (nSPS) is 11.9. The highest BCUT2D eigenvalue weighted by molar-refractivity contribution is 5.85. The number of pyridine rings is 1. The van der Waals surface area contributed by atoms with Crippen LogP contribution in [-0.2, 0) is 6.18 Å². The molecule has 17 heavy (non-hydrogen) atoms. The Morgan fingerprint density at radius 2 is 1.94 bits per heavy atom. The second-order valence-electron chi connectivity index (χ2n) is 3.17. The van der Waals surface area contributed by atoms with Gasteiger partial charge in [-0.15, -0.1) is 0 Å². The Hall–Kier alpha value is -1.73. The second kappa shape index (κ2) is 4.27. The molecular formula is C9H6F5NO2. The number of carbonyl (C=O) groups is 1. The van der Waals surface area contributed by atoms with E-state index in [4.69, 9.17) is 5.11 Å². The third-order valence-corrected chi connectivity index (χ3v) is 2.04. The minimum absolute atomic E-state index is 0.240. The summed E-state index contributed by atoms with van der Waals surface area (Å²) in [6.45, 7) is 0.822. The standard InChI is InChI=1S/C9H6F5NO2/c1-3-4(9(12,13)14)2-5(8(16)17)15-6(3)7(10)11/h2,7H,1H3,(H,16,17). The molecule has 0 aromatic carbocycles. The van der Waals surface area contributed by atoms with Gasteiger partial charge in [0.05, 0.1) is 5.56 Å². The Labute approximate surface area is 91.9 Å². The van der Waals surface area contributed by atoms with Crippen LogP contribution in [0.15, 0.2) is 6.07 Å². The molecule has 0 saturated heterocycles. The van der Waals surface area contributed by atoms with Gasteiger partial charge in [0.15, 0.2) is 0 Å². The van der Waals surface area contributed by atoms with Crippen molar-refractivity contribution < 1.29 is 31.9 Å². The lowest BCUT2D eigenvalue weighted by molar-refractivity contribution is -0.138. The van der Waals surface area contributed by atoms with Gasteiger partial charge in [0.1, 0.15) is 11.4 Å². The molecule has 1 aromatic rings. The summed E-state index contributed by atoms with van der Waals surface area (Å²) in [5.41, 5.74) is -4.41. The highest BCUT2D eigenvalue weighted by Crippen LogP contribution is 2.35. The first-order valence-corrected chi connectivity index (χ1v) is 4.24. The molecule has 3 nitrogen and oxygen atoms in total. The van der Waals surface area contributed by atoms with Crippen LogP contribution in [0.2, 0.25) is 0 Å². The number of rotatable bonds is 2. The molecule has 0 spiro atoms. The number of hydrogen-bond donors (Lipinski definition) is 1. The molecule has 0 unspecified atom stereocenters. The van der Waals surface area contributed by atoms with Crippen molar-refractivity contribution in [2.75, 3.05) is 0 Å². The van der Waals surface area contributed by atoms with E-state index in [1.54, 1.807) is 0 Å². The van der Waals surface area contributed by atoms with Gasteiger partial charge in [0, 0.05) is 0 Å². The summed E-state index contributed by atoms with van der Waals surface area (Å²) >= 11 is 0. The second-order valence-corrected chi connectivity index (χ2v) is 3.17. The number of alkyl halides is 5. The fourth-order valence-electron chi connectivity index (χ4n) is 1.25. The third-order valence-electron chi connectivity index (χ3n) is 2.04. The van der Waals surface area contributed by atoms with Crippen molar-refractivity contribution in [2.45, 2.75) is 19.5 Å². The highest BCUT2D eigenvalue weighted by Gasteiger charge is 2.36. The van der Waals surface area contributed by atoms with Crippen LogP contribution in [-0.4, -0.2) is 16.1 Å². The lowest BCUT2D eigenvalue weighted by Crippen LogP contribution is -2.14. The molecule has 1 aromatic heterocycles. The maximum absolute atomic E-state index is 12.5. The molecule has 0 aliphatic heterocycles.